The van der Waals surface area contributed by atoms with E-state index in [1.807, 2.05) is 25.1 Å². The van der Waals surface area contributed by atoms with E-state index in [1.165, 1.54) is 12.1 Å². The maximum atomic E-state index is 12.2. The minimum Gasteiger partial charge on any atom is -0.435 e. The zero-order chi connectivity index (χ0) is 19.1. The highest BCUT2D eigenvalue weighted by molar-refractivity contribution is 5.60. The second kappa shape index (κ2) is 9.26. The fraction of sp³-hybridized carbons (Fsp3) is 0.286. The van der Waals surface area contributed by atoms with Crippen LogP contribution in [0.25, 0.3) is 11.3 Å². The van der Waals surface area contributed by atoms with Gasteiger partial charge in [0.05, 0.1) is 18.9 Å². The van der Waals surface area contributed by atoms with Crippen LogP contribution in [0.2, 0.25) is 0 Å². The van der Waals surface area contributed by atoms with Gasteiger partial charge in [-0.25, -0.2) is 0 Å². The van der Waals surface area contributed by atoms with Crippen molar-refractivity contribution in [1.82, 2.24) is 4.98 Å². The molecule has 0 saturated carbocycles. The van der Waals surface area contributed by atoms with Gasteiger partial charge in [0.1, 0.15) is 5.75 Å². The Hall–Kier alpha value is -2.75. The number of allylic oxidation sites excluding steroid dienone is 1. The lowest BCUT2D eigenvalue weighted by molar-refractivity contribution is -0.160. The summed E-state index contributed by atoms with van der Waals surface area (Å²) in [6.07, 6.45) is 5.15. The van der Waals surface area contributed by atoms with Gasteiger partial charge in [-0.1, -0.05) is 18.1 Å². The first kappa shape index (κ1) is 19.0. The Morgan fingerprint density at radius 3 is 2.48 bits per heavy atom. The van der Waals surface area contributed by atoms with E-state index in [4.69, 9.17) is 9.47 Å². The standard InChI is InChI=1S/C21H19F2NO3/c1-2-3-16-13-25-20(26-14-16)11-5-15-4-10-19(24-12-15)17-6-8-18(9-7-17)27-21(22)23/h2-4,6-10,12,16,20-21H,13-14H2,1H3/t16-,20-. The zero-order valence-corrected chi connectivity index (χ0v) is 14.8. The van der Waals surface area contributed by atoms with E-state index in [1.54, 1.807) is 18.3 Å². The molecule has 1 aromatic heterocycles. The number of hydrogen-bond donors (Lipinski definition) is 0. The minimum atomic E-state index is -2.84. The van der Waals surface area contributed by atoms with E-state index in [0.717, 1.165) is 11.1 Å². The van der Waals surface area contributed by atoms with E-state index in [2.05, 4.69) is 27.6 Å². The number of ether oxygens (including phenoxy) is 3. The molecule has 6 heteroatoms. The Kier molecular flexibility index (Phi) is 6.53. The molecule has 0 N–H and O–H groups in total. The van der Waals surface area contributed by atoms with Gasteiger partial charge in [0, 0.05) is 23.2 Å². The van der Waals surface area contributed by atoms with E-state index in [-0.39, 0.29) is 11.7 Å². The molecule has 1 aliphatic heterocycles. The Balaban J connectivity index is 1.60. The topological polar surface area (TPSA) is 40.6 Å². The molecule has 1 aliphatic rings. The number of aromatic nitrogens is 1. The van der Waals surface area contributed by atoms with Crippen LogP contribution in [0, 0.1) is 17.8 Å². The van der Waals surface area contributed by atoms with E-state index >= 15 is 0 Å². The highest BCUT2D eigenvalue weighted by Gasteiger charge is 2.18. The quantitative estimate of drug-likeness (QED) is 0.595. The number of alkyl halides is 2. The molecular weight excluding hydrogens is 352 g/mol. The summed E-state index contributed by atoms with van der Waals surface area (Å²) in [7, 11) is 0. The molecule has 0 bridgehead atoms. The van der Waals surface area contributed by atoms with Crippen molar-refractivity contribution in [3.05, 3.63) is 60.3 Å². The van der Waals surface area contributed by atoms with Crippen molar-refractivity contribution < 1.29 is 23.0 Å². The summed E-state index contributed by atoms with van der Waals surface area (Å²) in [5.41, 5.74) is 2.24. The SMILES string of the molecule is CC=C[C@H]1CO[C@H](C#Cc2ccc(-c3ccc(OC(F)F)cc3)nc2)OC1. The number of pyridine rings is 1. The maximum absolute atomic E-state index is 12.2. The summed E-state index contributed by atoms with van der Waals surface area (Å²) in [6.45, 7) is 0.310. The first-order valence-corrected chi connectivity index (χ1v) is 8.53. The van der Waals surface area contributed by atoms with E-state index < -0.39 is 12.9 Å². The number of benzene rings is 1. The van der Waals surface area contributed by atoms with Gasteiger partial charge in [0.25, 0.3) is 0 Å². The second-order valence-electron chi connectivity index (χ2n) is 5.89. The Morgan fingerprint density at radius 1 is 1.15 bits per heavy atom. The molecule has 3 rings (SSSR count). The molecule has 2 aromatic rings. The molecule has 0 amide bonds. The fourth-order valence-electron chi connectivity index (χ4n) is 2.57. The normalized spacial score (nSPS) is 19.7. The molecule has 4 nitrogen and oxygen atoms in total. The largest absolute Gasteiger partial charge is 0.435 e. The van der Waals surface area contributed by atoms with Crippen LogP contribution in [0.3, 0.4) is 0 Å². The van der Waals surface area contributed by atoms with Crippen molar-refractivity contribution >= 4 is 0 Å². The molecule has 1 saturated heterocycles. The number of nitrogens with zero attached hydrogens (tertiary/aromatic N) is 1. The zero-order valence-electron chi connectivity index (χ0n) is 14.8. The summed E-state index contributed by atoms with van der Waals surface area (Å²) >= 11 is 0. The molecule has 0 radical (unpaired) electrons. The lowest BCUT2D eigenvalue weighted by Gasteiger charge is -2.24. The van der Waals surface area contributed by atoms with Crippen LogP contribution in [-0.2, 0) is 9.47 Å². The van der Waals surface area contributed by atoms with E-state index in [0.29, 0.717) is 18.9 Å². The molecule has 0 atom stereocenters. The van der Waals surface area contributed by atoms with Crippen molar-refractivity contribution in [2.24, 2.45) is 5.92 Å². The van der Waals surface area contributed by atoms with Gasteiger partial charge in [-0.3, -0.25) is 4.98 Å². The number of hydrogen-bond acceptors (Lipinski definition) is 4. The Morgan fingerprint density at radius 2 is 1.89 bits per heavy atom. The summed E-state index contributed by atoms with van der Waals surface area (Å²) in [5, 5.41) is 0. The lowest BCUT2D eigenvalue weighted by Crippen LogP contribution is -2.30. The molecule has 0 spiro atoms. The molecule has 0 unspecified atom stereocenters. The summed E-state index contributed by atoms with van der Waals surface area (Å²) < 4.78 is 39.8. The van der Waals surface area contributed by atoms with Crippen molar-refractivity contribution in [3.63, 3.8) is 0 Å². The number of halogens is 2. The first-order valence-electron chi connectivity index (χ1n) is 8.53. The van der Waals surface area contributed by atoms with Gasteiger partial charge < -0.3 is 14.2 Å². The van der Waals surface area contributed by atoms with Crippen molar-refractivity contribution in [2.45, 2.75) is 19.8 Å². The fourth-order valence-corrected chi connectivity index (χ4v) is 2.57. The molecule has 27 heavy (non-hydrogen) atoms. The van der Waals surface area contributed by atoms with Gasteiger partial charge in [0.2, 0.25) is 6.29 Å². The van der Waals surface area contributed by atoms with Crippen LogP contribution < -0.4 is 4.74 Å². The van der Waals surface area contributed by atoms with Crippen LogP contribution in [-0.4, -0.2) is 31.1 Å². The van der Waals surface area contributed by atoms with Crippen molar-refractivity contribution in [2.75, 3.05) is 13.2 Å². The highest BCUT2D eigenvalue weighted by Crippen LogP contribution is 2.22. The molecule has 140 valence electrons. The summed E-state index contributed by atoms with van der Waals surface area (Å²) in [6, 6.07) is 9.97. The summed E-state index contributed by atoms with van der Waals surface area (Å²) in [4.78, 5) is 4.36. The van der Waals surface area contributed by atoms with Crippen LogP contribution in [0.4, 0.5) is 8.78 Å². The van der Waals surface area contributed by atoms with Crippen LogP contribution in [0.15, 0.2) is 54.7 Å². The third-order valence-electron chi connectivity index (χ3n) is 3.86. The van der Waals surface area contributed by atoms with Gasteiger partial charge in [-0.2, -0.15) is 8.78 Å². The van der Waals surface area contributed by atoms with Gasteiger partial charge in [-0.05, 0) is 49.2 Å². The van der Waals surface area contributed by atoms with E-state index in [9.17, 15) is 8.78 Å². The van der Waals surface area contributed by atoms with Crippen molar-refractivity contribution in [3.8, 4) is 28.8 Å². The maximum Gasteiger partial charge on any atom is 0.387 e. The molecule has 1 aromatic carbocycles. The monoisotopic (exact) mass is 371 g/mol. The average Bonchev–Trinajstić information content (AvgIpc) is 2.68. The van der Waals surface area contributed by atoms with Gasteiger partial charge >= 0.3 is 6.61 Å². The Labute approximate surface area is 156 Å². The average molecular weight is 371 g/mol. The number of rotatable bonds is 4. The van der Waals surface area contributed by atoms with Crippen LogP contribution in [0.1, 0.15) is 12.5 Å². The highest BCUT2D eigenvalue weighted by atomic mass is 19.3. The third-order valence-corrected chi connectivity index (χ3v) is 3.86. The van der Waals surface area contributed by atoms with Gasteiger partial charge in [0.15, 0.2) is 0 Å². The predicted octanol–water partition coefficient (Wildman–Crippen LogP) is 4.27. The Bertz CT molecular complexity index is 815. The molecular formula is C21H19F2NO3. The third kappa shape index (κ3) is 5.61. The molecule has 1 fully saturated rings. The smallest absolute Gasteiger partial charge is 0.387 e. The first-order chi connectivity index (χ1) is 13.1. The lowest BCUT2D eigenvalue weighted by atomic mass is 10.1. The summed E-state index contributed by atoms with van der Waals surface area (Å²) in [5.74, 6) is 6.31. The van der Waals surface area contributed by atoms with Crippen molar-refractivity contribution in [1.29, 1.82) is 0 Å². The van der Waals surface area contributed by atoms with Crippen LogP contribution in [0.5, 0.6) is 5.75 Å². The van der Waals surface area contributed by atoms with Gasteiger partial charge in [-0.15, -0.1) is 0 Å². The molecule has 0 aliphatic carbocycles. The second-order valence-corrected chi connectivity index (χ2v) is 5.89. The van der Waals surface area contributed by atoms with Crippen LogP contribution >= 0.6 is 0 Å². The molecule has 2 heterocycles. The predicted molar refractivity (Wildman–Crippen MR) is 97.2 cm³/mol. The minimum absolute atomic E-state index is 0.111.